The Hall–Kier alpha value is -4.03. The normalized spacial score (nSPS) is 12.6. The van der Waals surface area contributed by atoms with Crippen LogP contribution in [-0.2, 0) is 27.2 Å². The van der Waals surface area contributed by atoms with Gasteiger partial charge in [0.05, 0.1) is 31.6 Å². The summed E-state index contributed by atoms with van der Waals surface area (Å²) in [5.74, 6) is -0.433. The van der Waals surface area contributed by atoms with Crippen LogP contribution in [0.1, 0.15) is 58.9 Å². The first-order chi connectivity index (χ1) is 20.5. The molecular weight excluding hydrogens is 590 g/mol. The van der Waals surface area contributed by atoms with Crippen molar-refractivity contribution in [2.24, 2.45) is 0 Å². The van der Waals surface area contributed by atoms with E-state index in [2.05, 4.69) is 10.6 Å². The number of esters is 1. The predicted octanol–water partition coefficient (Wildman–Crippen LogP) is 6.21. The van der Waals surface area contributed by atoms with E-state index in [1.165, 1.54) is 23.1 Å². The number of carbonyl (C=O) groups is 4. The minimum atomic E-state index is -0.624. The van der Waals surface area contributed by atoms with E-state index in [1.807, 2.05) is 26.8 Å². The maximum Gasteiger partial charge on any atom is 0.410 e. The molecule has 2 heterocycles. The highest BCUT2D eigenvalue weighted by Crippen LogP contribution is 2.38. The Balaban J connectivity index is 1.42. The van der Waals surface area contributed by atoms with Crippen molar-refractivity contribution < 1.29 is 33.4 Å². The van der Waals surface area contributed by atoms with Crippen molar-refractivity contribution in [1.82, 2.24) is 4.90 Å². The van der Waals surface area contributed by atoms with Crippen molar-refractivity contribution >= 4 is 57.7 Å². The summed E-state index contributed by atoms with van der Waals surface area (Å²) in [6.07, 6.45) is 0.0196. The van der Waals surface area contributed by atoms with Gasteiger partial charge in [0.2, 0.25) is 5.91 Å². The molecule has 43 heavy (non-hydrogen) atoms. The van der Waals surface area contributed by atoms with Gasteiger partial charge in [0, 0.05) is 27.6 Å². The lowest BCUT2D eigenvalue weighted by atomic mass is 10.0. The Morgan fingerprint density at radius 2 is 1.81 bits per heavy atom. The van der Waals surface area contributed by atoms with E-state index in [-0.39, 0.29) is 30.7 Å². The lowest BCUT2D eigenvalue weighted by molar-refractivity contribution is -0.113. The van der Waals surface area contributed by atoms with Crippen LogP contribution in [0.25, 0.3) is 0 Å². The van der Waals surface area contributed by atoms with E-state index < -0.39 is 17.7 Å². The molecule has 0 bridgehead atoms. The number of hydrogen-bond donors (Lipinski definition) is 2. The number of ether oxygens (including phenoxy) is 3. The van der Waals surface area contributed by atoms with E-state index >= 15 is 0 Å². The monoisotopic (exact) mass is 625 g/mol. The largest absolute Gasteiger partial charge is 0.497 e. The first kappa shape index (κ1) is 31.9. The molecule has 2 aromatic carbocycles. The summed E-state index contributed by atoms with van der Waals surface area (Å²) in [5.41, 5.74) is 1.54. The van der Waals surface area contributed by atoms with Crippen molar-refractivity contribution in [3.63, 3.8) is 0 Å². The molecule has 3 aromatic rings. The fourth-order valence-corrected chi connectivity index (χ4v) is 6.36. The Kier molecular flexibility index (Phi) is 10.4. The minimum Gasteiger partial charge on any atom is -0.497 e. The molecule has 0 atom stereocenters. The SMILES string of the molecule is CCOC(=O)c1c(NC(=O)CSc2cccc(NC(=O)c3cccc(OC)c3)c2)sc2c1CCN(C(=O)OC(C)(C)C)C2. The van der Waals surface area contributed by atoms with E-state index in [4.69, 9.17) is 14.2 Å². The molecule has 0 saturated heterocycles. The summed E-state index contributed by atoms with van der Waals surface area (Å²) in [7, 11) is 1.54. The zero-order valence-electron chi connectivity index (χ0n) is 24.8. The number of methoxy groups -OCH3 is 1. The maximum absolute atomic E-state index is 13.0. The van der Waals surface area contributed by atoms with Gasteiger partial charge < -0.3 is 29.7 Å². The van der Waals surface area contributed by atoms with Crippen LogP contribution in [0, 0.1) is 0 Å². The molecule has 3 amide bonds. The zero-order valence-corrected chi connectivity index (χ0v) is 26.4. The van der Waals surface area contributed by atoms with E-state index in [9.17, 15) is 19.2 Å². The average molecular weight is 626 g/mol. The molecule has 1 aliphatic heterocycles. The van der Waals surface area contributed by atoms with Crippen LogP contribution in [0.4, 0.5) is 15.5 Å². The number of fused-ring (bicyclic) bond motifs is 1. The molecule has 0 unspecified atom stereocenters. The van der Waals surface area contributed by atoms with Crippen LogP contribution in [0.3, 0.4) is 0 Å². The second-order valence-electron chi connectivity index (χ2n) is 10.6. The van der Waals surface area contributed by atoms with Crippen LogP contribution < -0.4 is 15.4 Å². The van der Waals surface area contributed by atoms with Gasteiger partial charge in [0.25, 0.3) is 5.91 Å². The van der Waals surface area contributed by atoms with Gasteiger partial charge in [-0.25, -0.2) is 9.59 Å². The molecule has 1 aromatic heterocycles. The highest BCUT2D eigenvalue weighted by molar-refractivity contribution is 8.00. The number of benzene rings is 2. The number of thioether (sulfide) groups is 1. The molecule has 0 saturated carbocycles. The molecular formula is C31H35N3O7S2. The van der Waals surface area contributed by atoms with Crippen molar-refractivity contribution in [3.05, 3.63) is 70.1 Å². The summed E-state index contributed by atoms with van der Waals surface area (Å²) in [5, 5.41) is 6.15. The summed E-state index contributed by atoms with van der Waals surface area (Å²) in [6.45, 7) is 8.02. The number of rotatable bonds is 9. The Bertz CT molecular complexity index is 1510. The predicted molar refractivity (Wildman–Crippen MR) is 167 cm³/mol. The highest BCUT2D eigenvalue weighted by Gasteiger charge is 2.32. The fourth-order valence-electron chi connectivity index (χ4n) is 4.34. The second kappa shape index (κ2) is 14.0. The Labute approximate surface area is 259 Å². The standard InChI is InChI=1S/C31H35N3O7S2/c1-6-40-29(37)26-23-13-14-34(30(38)41-31(2,3)4)17-24(23)43-28(26)33-25(35)18-42-22-12-8-10-20(16-22)32-27(36)19-9-7-11-21(15-19)39-5/h7-12,15-16H,6,13-14,17-18H2,1-5H3,(H,32,36)(H,33,35). The Morgan fingerprint density at radius 1 is 1.05 bits per heavy atom. The van der Waals surface area contributed by atoms with E-state index in [0.717, 1.165) is 15.3 Å². The van der Waals surface area contributed by atoms with Crippen LogP contribution in [0.15, 0.2) is 53.4 Å². The first-order valence-electron chi connectivity index (χ1n) is 13.7. The van der Waals surface area contributed by atoms with Crippen LogP contribution in [0.2, 0.25) is 0 Å². The van der Waals surface area contributed by atoms with Crippen LogP contribution >= 0.6 is 23.1 Å². The fraction of sp³-hybridized carbons (Fsp3) is 0.355. The van der Waals surface area contributed by atoms with Crippen LogP contribution in [0.5, 0.6) is 5.75 Å². The van der Waals surface area contributed by atoms with E-state index in [1.54, 1.807) is 61.4 Å². The zero-order chi connectivity index (χ0) is 31.1. The van der Waals surface area contributed by atoms with Gasteiger partial charge in [-0.05, 0) is 76.1 Å². The lowest BCUT2D eigenvalue weighted by Crippen LogP contribution is -2.39. The minimum absolute atomic E-state index is 0.0716. The second-order valence-corrected chi connectivity index (χ2v) is 12.8. The van der Waals surface area contributed by atoms with Gasteiger partial charge in [-0.2, -0.15) is 0 Å². The lowest BCUT2D eigenvalue weighted by Gasteiger charge is -2.30. The van der Waals surface area contributed by atoms with Gasteiger partial charge >= 0.3 is 12.1 Å². The van der Waals surface area contributed by atoms with E-state index in [0.29, 0.717) is 40.5 Å². The number of nitrogens with one attached hydrogen (secondary N) is 2. The quantitative estimate of drug-likeness (QED) is 0.213. The van der Waals surface area contributed by atoms with Gasteiger partial charge in [0.15, 0.2) is 0 Å². The molecule has 4 rings (SSSR count). The van der Waals surface area contributed by atoms with Crippen LogP contribution in [-0.4, -0.2) is 60.4 Å². The summed E-state index contributed by atoms with van der Waals surface area (Å²) in [4.78, 5) is 54.5. The molecule has 12 heteroatoms. The number of anilines is 2. The third kappa shape index (κ3) is 8.51. The van der Waals surface area contributed by atoms with Gasteiger partial charge in [0.1, 0.15) is 16.4 Å². The number of thiophene rings is 1. The summed E-state index contributed by atoms with van der Waals surface area (Å²) >= 11 is 2.56. The molecule has 228 valence electrons. The maximum atomic E-state index is 13.0. The molecule has 2 N–H and O–H groups in total. The van der Waals surface area contributed by atoms with Gasteiger partial charge in [-0.3, -0.25) is 9.59 Å². The third-order valence-electron chi connectivity index (χ3n) is 6.23. The number of carbonyl (C=O) groups excluding carboxylic acids is 4. The van der Waals surface area contributed by atoms with Crippen molar-refractivity contribution in [3.8, 4) is 5.75 Å². The number of hydrogen-bond acceptors (Lipinski definition) is 9. The van der Waals surface area contributed by atoms with Gasteiger partial charge in [-0.15, -0.1) is 23.1 Å². The summed E-state index contributed by atoms with van der Waals surface area (Å²) in [6, 6.07) is 14.1. The molecule has 0 fully saturated rings. The molecule has 1 aliphatic rings. The molecule has 0 radical (unpaired) electrons. The van der Waals surface area contributed by atoms with Crippen molar-refractivity contribution in [1.29, 1.82) is 0 Å². The van der Waals surface area contributed by atoms with Crippen molar-refractivity contribution in [2.75, 3.05) is 36.6 Å². The molecule has 0 spiro atoms. The molecule has 0 aliphatic carbocycles. The van der Waals surface area contributed by atoms with Crippen molar-refractivity contribution in [2.45, 2.75) is 51.2 Å². The molecule has 10 nitrogen and oxygen atoms in total. The first-order valence-corrected chi connectivity index (χ1v) is 15.5. The number of amides is 3. The summed E-state index contributed by atoms with van der Waals surface area (Å²) < 4.78 is 16.0. The Morgan fingerprint density at radius 3 is 2.53 bits per heavy atom. The average Bonchev–Trinajstić information content (AvgIpc) is 3.32. The topological polar surface area (TPSA) is 123 Å². The number of nitrogens with zero attached hydrogens (tertiary/aromatic N) is 1. The van der Waals surface area contributed by atoms with Gasteiger partial charge in [-0.1, -0.05) is 12.1 Å². The highest BCUT2D eigenvalue weighted by atomic mass is 32.2. The smallest absolute Gasteiger partial charge is 0.410 e. The third-order valence-corrected chi connectivity index (χ3v) is 8.36.